The van der Waals surface area contributed by atoms with Crippen LogP contribution in [0.25, 0.3) is 0 Å². The molecule has 124 valence electrons. The summed E-state index contributed by atoms with van der Waals surface area (Å²) >= 11 is 0. The van der Waals surface area contributed by atoms with Crippen molar-refractivity contribution in [3.8, 4) is 0 Å². The van der Waals surface area contributed by atoms with Crippen LogP contribution in [0.2, 0.25) is 0 Å². The van der Waals surface area contributed by atoms with E-state index in [-0.39, 0.29) is 10.9 Å². The van der Waals surface area contributed by atoms with Gasteiger partial charge in [-0.25, -0.2) is 13.1 Å². The fraction of sp³-hybridized carbons (Fsp3) is 0.538. The van der Waals surface area contributed by atoms with Crippen LogP contribution < -0.4 is 4.72 Å². The number of benzene rings is 1. The molecule has 1 aromatic rings. The minimum Gasteiger partial charge on any atom is -0.208 e. The van der Waals surface area contributed by atoms with Crippen molar-refractivity contribution in [2.24, 2.45) is 0 Å². The van der Waals surface area contributed by atoms with E-state index in [1.165, 1.54) is 34.8 Å². The molecule has 0 atom stereocenters. The molecule has 22 heavy (non-hydrogen) atoms. The Kier molecular flexibility index (Phi) is 5.23. The third-order valence-corrected chi connectivity index (χ3v) is 7.09. The van der Waals surface area contributed by atoms with E-state index < -0.39 is 20.2 Å². The molecular formula is C13H21N3O4S2. The Balaban J connectivity index is 1.99. The van der Waals surface area contributed by atoms with Crippen molar-refractivity contribution in [2.45, 2.75) is 23.8 Å². The van der Waals surface area contributed by atoms with Gasteiger partial charge in [0.05, 0.1) is 4.90 Å². The second-order valence-electron chi connectivity index (χ2n) is 5.40. The summed E-state index contributed by atoms with van der Waals surface area (Å²) in [6.07, 6.45) is 0.915. The maximum absolute atomic E-state index is 12.2. The number of rotatable bonds is 5. The van der Waals surface area contributed by atoms with Crippen molar-refractivity contribution < 1.29 is 16.8 Å². The smallest absolute Gasteiger partial charge is 0.208 e. The Morgan fingerprint density at radius 3 is 2.09 bits per heavy atom. The van der Waals surface area contributed by atoms with Crippen LogP contribution in [0.15, 0.2) is 35.2 Å². The summed E-state index contributed by atoms with van der Waals surface area (Å²) in [5.74, 6) is 0. The zero-order valence-corrected chi connectivity index (χ0v) is 14.3. The largest absolute Gasteiger partial charge is 0.281 e. The zero-order valence-electron chi connectivity index (χ0n) is 12.6. The average Bonchev–Trinajstić information content (AvgIpc) is 2.48. The van der Waals surface area contributed by atoms with Gasteiger partial charge in [0, 0.05) is 33.2 Å². The summed E-state index contributed by atoms with van der Waals surface area (Å²) in [6.45, 7) is 0.616. The van der Waals surface area contributed by atoms with Crippen LogP contribution in [0.3, 0.4) is 0 Å². The van der Waals surface area contributed by atoms with Crippen molar-refractivity contribution in [3.63, 3.8) is 0 Å². The molecular weight excluding hydrogens is 326 g/mol. The van der Waals surface area contributed by atoms with E-state index >= 15 is 0 Å². The molecule has 0 amide bonds. The molecule has 1 saturated heterocycles. The minimum atomic E-state index is -3.56. The lowest BCUT2D eigenvalue weighted by Crippen LogP contribution is -2.49. The fourth-order valence-corrected chi connectivity index (χ4v) is 4.78. The molecule has 0 unspecified atom stereocenters. The predicted octanol–water partition coefficient (Wildman–Crippen LogP) is 0.236. The van der Waals surface area contributed by atoms with E-state index in [0.717, 1.165) is 0 Å². The quantitative estimate of drug-likeness (QED) is 0.826. The molecule has 0 aliphatic carbocycles. The normalized spacial score (nSPS) is 18.7. The van der Waals surface area contributed by atoms with Gasteiger partial charge < -0.3 is 0 Å². The topological polar surface area (TPSA) is 86.8 Å². The first-order valence-electron chi connectivity index (χ1n) is 6.98. The molecule has 1 N–H and O–H groups in total. The monoisotopic (exact) mass is 347 g/mol. The van der Waals surface area contributed by atoms with Crippen molar-refractivity contribution in [1.82, 2.24) is 13.3 Å². The molecule has 1 aliphatic heterocycles. The van der Waals surface area contributed by atoms with Crippen molar-refractivity contribution >= 4 is 20.2 Å². The van der Waals surface area contributed by atoms with Crippen molar-refractivity contribution in [1.29, 1.82) is 0 Å². The molecule has 1 heterocycles. The highest BCUT2D eigenvalue weighted by Gasteiger charge is 2.31. The van der Waals surface area contributed by atoms with Crippen LogP contribution in [-0.2, 0) is 20.2 Å². The second kappa shape index (κ2) is 6.63. The molecule has 1 aliphatic rings. The van der Waals surface area contributed by atoms with Gasteiger partial charge in [-0.05, 0) is 25.0 Å². The van der Waals surface area contributed by atoms with Crippen molar-refractivity contribution in [2.75, 3.05) is 27.2 Å². The highest BCUT2D eigenvalue weighted by Crippen LogP contribution is 2.17. The minimum absolute atomic E-state index is 0.221. The number of nitrogens with one attached hydrogen (secondary N) is 1. The van der Waals surface area contributed by atoms with E-state index in [4.69, 9.17) is 0 Å². The molecule has 7 nitrogen and oxygen atoms in total. The summed E-state index contributed by atoms with van der Waals surface area (Å²) in [6, 6.07) is 7.91. The van der Waals surface area contributed by atoms with Gasteiger partial charge in [-0.1, -0.05) is 18.2 Å². The van der Waals surface area contributed by atoms with Crippen molar-refractivity contribution in [3.05, 3.63) is 30.3 Å². The lowest BCUT2D eigenvalue weighted by Gasteiger charge is -2.32. The lowest BCUT2D eigenvalue weighted by atomic mass is 10.1. The Hall–Kier alpha value is -1.00. The highest BCUT2D eigenvalue weighted by atomic mass is 32.2. The third-order valence-electron chi connectivity index (χ3n) is 3.62. The van der Waals surface area contributed by atoms with Gasteiger partial charge >= 0.3 is 0 Å². The van der Waals surface area contributed by atoms with Gasteiger partial charge in [0.15, 0.2) is 0 Å². The molecule has 1 aromatic carbocycles. The molecule has 0 radical (unpaired) electrons. The highest BCUT2D eigenvalue weighted by molar-refractivity contribution is 7.89. The van der Waals surface area contributed by atoms with Crippen LogP contribution in [0, 0.1) is 0 Å². The molecule has 2 rings (SSSR count). The Morgan fingerprint density at radius 2 is 1.59 bits per heavy atom. The first-order valence-corrected chi connectivity index (χ1v) is 9.86. The molecule has 1 fully saturated rings. The second-order valence-corrected chi connectivity index (χ2v) is 9.25. The molecule has 0 spiro atoms. The maximum atomic E-state index is 12.2. The van der Waals surface area contributed by atoms with Gasteiger partial charge in [-0.15, -0.1) is 0 Å². The SMILES string of the molecule is CN(C)S(=O)(=O)N1CCC(NS(=O)(=O)c2ccccc2)CC1. The number of nitrogens with zero attached hydrogens (tertiary/aromatic N) is 2. The predicted molar refractivity (Wildman–Crippen MR) is 84.0 cm³/mol. The maximum Gasteiger partial charge on any atom is 0.281 e. The van der Waals surface area contributed by atoms with Gasteiger partial charge in [0.2, 0.25) is 10.0 Å². The van der Waals surface area contributed by atoms with Gasteiger partial charge in [-0.2, -0.15) is 17.0 Å². The molecule has 0 bridgehead atoms. The summed E-state index contributed by atoms with van der Waals surface area (Å²) < 4.78 is 53.7. The summed E-state index contributed by atoms with van der Waals surface area (Å²) in [4.78, 5) is 0.221. The van der Waals surface area contributed by atoms with Crippen LogP contribution in [-0.4, -0.2) is 58.7 Å². The zero-order chi connectivity index (χ0) is 16.4. The molecule has 0 aromatic heterocycles. The Bertz CT molecular complexity index is 694. The Morgan fingerprint density at radius 1 is 1.05 bits per heavy atom. The number of hydrogen-bond acceptors (Lipinski definition) is 4. The van der Waals surface area contributed by atoms with E-state index in [2.05, 4.69) is 4.72 Å². The molecule has 0 saturated carbocycles. The van der Waals surface area contributed by atoms with Gasteiger partial charge in [0.1, 0.15) is 0 Å². The van der Waals surface area contributed by atoms with Crippen LogP contribution in [0.5, 0.6) is 0 Å². The van der Waals surface area contributed by atoms with E-state index in [0.29, 0.717) is 25.9 Å². The summed E-state index contributed by atoms with van der Waals surface area (Å²) in [5, 5.41) is 0. The number of piperidine rings is 1. The fourth-order valence-electron chi connectivity index (χ4n) is 2.32. The number of hydrogen-bond donors (Lipinski definition) is 1. The first kappa shape index (κ1) is 17.4. The summed E-state index contributed by atoms with van der Waals surface area (Å²) in [5.41, 5.74) is 0. The molecule has 9 heteroatoms. The van der Waals surface area contributed by atoms with E-state index in [1.54, 1.807) is 18.2 Å². The van der Waals surface area contributed by atoms with Gasteiger partial charge in [-0.3, -0.25) is 0 Å². The Labute approximate surface area is 132 Å². The number of sulfonamides is 1. The average molecular weight is 347 g/mol. The van der Waals surface area contributed by atoms with Crippen LogP contribution in [0.1, 0.15) is 12.8 Å². The van der Waals surface area contributed by atoms with E-state index in [1.807, 2.05) is 0 Å². The van der Waals surface area contributed by atoms with Crippen LogP contribution >= 0.6 is 0 Å². The lowest BCUT2D eigenvalue weighted by molar-refractivity contribution is 0.293. The standard InChI is InChI=1S/C13H21N3O4S2/c1-15(2)22(19,20)16-10-8-12(9-11-16)14-21(17,18)13-6-4-3-5-7-13/h3-7,12,14H,8-11H2,1-2H3. The van der Waals surface area contributed by atoms with Crippen LogP contribution in [0.4, 0.5) is 0 Å². The van der Waals surface area contributed by atoms with E-state index in [9.17, 15) is 16.8 Å². The third kappa shape index (κ3) is 3.85. The summed E-state index contributed by atoms with van der Waals surface area (Å²) in [7, 11) is -4.02. The first-order chi connectivity index (χ1) is 10.2. The van der Waals surface area contributed by atoms with Gasteiger partial charge in [0.25, 0.3) is 10.2 Å².